The minimum absolute atomic E-state index is 0.0349. The highest BCUT2D eigenvalue weighted by molar-refractivity contribution is 5.96. The van der Waals surface area contributed by atoms with Crippen molar-refractivity contribution in [2.24, 2.45) is 5.92 Å². The number of esters is 1. The molecular formula is C23H26N2O3. The number of anilines is 2. The summed E-state index contributed by atoms with van der Waals surface area (Å²) in [7, 11) is 0. The van der Waals surface area contributed by atoms with E-state index >= 15 is 0 Å². The van der Waals surface area contributed by atoms with Crippen molar-refractivity contribution in [3.63, 3.8) is 0 Å². The fourth-order valence-electron chi connectivity index (χ4n) is 4.44. The van der Waals surface area contributed by atoms with Crippen LogP contribution in [0.1, 0.15) is 42.5 Å². The predicted molar refractivity (Wildman–Crippen MR) is 109 cm³/mol. The van der Waals surface area contributed by atoms with Crippen molar-refractivity contribution in [2.45, 2.75) is 45.7 Å². The van der Waals surface area contributed by atoms with Gasteiger partial charge >= 0.3 is 5.97 Å². The van der Waals surface area contributed by atoms with Crippen molar-refractivity contribution in [3.05, 3.63) is 59.2 Å². The van der Waals surface area contributed by atoms with Gasteiger partial charge in [-0.05, 0) is 51.0 Å². The molecule has 0 radical (unpaired) electrons. The Balaban J connectivity index is 1.84. The second kappa shape index (κ2) is 7.30. The lowest BCUT2D eigenvalue weighted by Crippen LogP contribution is -2.53. The van der Waals surface area contributed by atoms with Crippen molar-refractivity contribution in [1.82, 2.24) is 0 Å². The third-order valence-electron chi connectivity index (χ3n) is 5.76. The molecule has 1 N–H and O–H groups in total. The minimum atomic E-state index is -0.457. The van der Waals surface area contributed by atoms with Gasteiger partial charge in [-0.15, -0.1) is 0 Å². The maximum atomic E-state index is 13.0. The number of fused-ring (bicyclic) bond motifs is 3. The third-order valence-corrected chi connectivity index (χ3v) is 5.76. The topological polar surface area (TPSA) is 58.6 Å². The van der Waals surface area contributed by atoms with Gasteiger partial charge in [-0.1, -0.05) is 35.4 Å². The Morgan fingerprint density at radius 2 is 1.86 bits per heavy atom. The number of carbonyl (C=O) groups excluding carboxylic acids is 2. The summed E-state index contributed by atoms with van der Waals surface area (Å²) in [5.74, 6) is -0.184. The quantitative estimate of drug-likeness (QED) is 0.816. The van der Waals surface area contributed by atoms with Gasteiger partial charge in [-0.2, -0.15) is 0 Å². The molecule has 0 spiro atoms. The van der Waals surface area contributed by atoms with Gasteiger partial charge in [0.2, 0.25) is 5.91 Å². The minimum Gasteiger partial charge on any atom is -0.464 e. The van der Waals surface area contributed by atoms with Crippen molar-refractivity contribution in [2.75, 3.05) is 16.8 Å². The van der Waals surface area contributed by atoms with Crippen molar-refractivity contribution in [1.29, 1.82) is 0 Å². The van der Waals surface area contributed by atoms with Gasteiger partial charge < -0.3 is 15.0 Å². The van der Waals surface area contributed by atoms with Crippen LogP contribution >= 0.6 is 0 Å². The van der Waals surface area contributed by atoms with E-state index in [-0.39, 0.29) is 23.8 Å². The number of nitrogens with one attached hydrogen (secondary N) is 1. The number of amides is 1. The Kier molecular flexibility index (Phi) is 4.84. The fraction of sp³-hybridized carbons (Fsp3) is 0.391. The van der Waals surface area contributed by atoms with Crippen LogP contribution in [0, 0.1) is 19.8 Å². The van der Waals surface area contributed by atoms with E-state index in [2.05, 4.69) is 11.4 Å². The SMILES string of the molecule is CCOC(=O)[C@H]1Nc2ccc(C)cc2[C@@H]2[C@H]1CCC(=O)N2c1ccc(C)cc1. The van der Waals surface area contributed by atoms with Gasteiger partial charge in [-0.3, -0.25) is 4.79 Å². The van der Waals surface area contributed by atoms with Crippen LogP contribution in [0.3, 0.4) is 0 Å². The molecule has 146 valence electrons. The molecule has 3 atom stereocenters. The molecule has 2 aromatic rings. The van der Waals surface area contributed by atoms with E-state index in [0.717, 1.165) is 28.1 Å². The first-order valence-electron chi connectivity index (χ1n) is 9.92. The Hall–Kier alpha value is -2.82. The van der Waals surface area contributed by atoms with Crippen LogP contribution in [0.2, 0.25) is 0 Å². The van der Waals surface area contributed by atoms with Gasteiger partial charge in [0, 0.05) is 23.7 Å². The number of hydrogen-bond acceptors (Lipinski definition) is 4. The second-order valence-electron chi connectivity index (χ2n) is 7.71. The molecule has 2 aliphatic heterocycles. The van der Waals surface area contributed by atoms with E-state index < -0.39 is 6.04 Å². The number of hydrogen-bond donors (Lipinski definition) is 1. The molecule has 2 heterocycles. The second-order valence-corrected chi connectivity index (χ2v) is 7.71. The molecule has 5 nitrogen and oxygen atoms in total. The summed E-state index contributed by atoms with van der Waals surface area (Å²) in [6.07, 6.45) is 1.09. The number of benzene rings is 2. The first kappa shape index (κ1) is 18.5. The molecule has 1 fully saturated rings. The van der Waals surface area contributed by atoms with Gasteiger partial charge in [0.25, 0.3) is 0 Å². The Morgan fingerprint density at radius 3 is 2.57 bits per heavy atom. The van der Waals surface area contributed by atoms with E-state index in [1.54, 1.807) is 0 Å². The summed E-state index contributed by atoms with van der Waals surface area (Å²) in [4.78, 5) is 27.6. The van der Waals surface area contributed by atoms with Crippen LogP contribution in [-0.2, 0) is 14.3 Å². The summed E-state index contributed by atoms with van der Waals surface area (Å²) >= 11 is 0. The predicted octanol–water partition coefficient (Wildman–Crippen LogP) is 4.14. The number of ether oxygens (including phenoxy) is 1. The lowest BCUT2D eigenvalue weighted by molar-refractivity contribution is -0.146. The van der Waals surface area contributed by atoms with Crippen molar-refractivity contribution >= 4 is 23.3 Å². The average Bonchev–Trinajstić information content (AvgIpc) is 2.68. The Labute approximate surface area is 165 Å². The average molecular weight is 378 g/mol. The van der Waals surface area contributed by atoms with Crippen LogP contribution in [0.25, 0.3) is 0 Å². The van der Waals surface area contributed by atoms with E-state index in [4.69, 9.17) is 4.74 Å². The molecule has 1 amide bonds. The zero-order chi connectivity index (χ0) is 19.8. The summed E-state index contributed by atoms with van der Waals surface area (Å²) in [6, 6.07) is 13.5. The number of rotatable bonds is 3. The zero-order valence-electron chi connectivity index (χ0n) is 16.6. The van der Waals surface area contributed by atoms with Crippen LogP contribution in [0.15, 0.2) is 42.5 Å². The number of aryl methyl sites for hydroxylation is 2. The molecule has 0 unspecified atom stereocenters. The highest BCUT2D eigenvalue weighted by Crippen LogP contribution is 2.47. The van der Waals surface area contributed by atoms with E-state index in [0.29, 0.717) is 19.4 Å². The number of piperidine rings is 1. The van der Waals surface area contributed by atoms with Crippen LogP contribution < -0.4 is 10.2 Å². The number of nitrogens with zero attached hydrogens (tertiary/aromatic N) is 1. The summed E-state index contributed by atoms with van der Waals surface area (Å²) in [6.45, 7) is 6.24. The highest BCUT2D eigenvalue weighted by Gasteiger charge is 2.48. The monoisotopic (exact) mass is 378 g/mol. The molecule has 1 saturated heterocycles. The molecule has 5 heteroatoms. The number of carbonyl (C=O) groups is 2. The van der Waals surface area contributed by atoms with Gasteiger partial charge in [0.1, 0.15) is 6.04 Å². The normalized spacial score (nSPS) is 23.5. The van der Waals surface area contributed by atoms with Crippen LogP contribution in [-0.4, -0.2) is 24.5 Å². The van der Waals surface area contributed by atoms with E-state index in [9.17, 15) is 9.59 Å². The molecule has 0 aromatic heterocycles. The fourth-order valence-corrected chi connectivity index (χ4v) is 4.44. The Bertz CT molecular complexity index is 907. The Morgan fingerprint density at radius 1 is 1.14 bits per heavy atom. The van der Waals surface area contributed by atoms with Crippen molar-refractivity contribution < 1.29 is 14.3 Å². The first-order valence-corrected chi connectivity index (χ1v) is 9.92. The molecule has 0 saturated carbocycles. The smallest absolute Gasteiger partial charge is 0.328 e. The molecule has 4 rings (SSSR count). The first-order chi connectivity index (χ1) is 13.5. The zero-order valence-corrected chi connectivity index (χ0v) is 16.6. The molecule has 2 aliphatic rings. The van der Waals surface area contributed by atoms with Gasteiger partial charge in [-0.25, -0.2) is 4.79 Å². The molecule has 2 aromatic carbocycles. The molecule has 0 aliphatic carbocycles. The molecular weight excluding hydrogens is 352 g/mol. The van der Waals surface area contributed by atoms with Crippen LogP contribution in [0.5, 0.6) is 0 Å². The van der Waals surface area contributed by atoms with Gasteiger partial charge in [0.05, 0.1) is 12.6 Å². The van der Waals surface area contributed by atoms with Gasteiger partial charge in [0.15, 0.2) is 0 Å². The lowest BCUT2D eigenvalue weighted by Gasteiger charge is -2.47. The lowest BCUT2D eigenvalue weighted by atomic mass is 9.75. The maximum absolute atomic E-state index is 13.0. The summed E-state index contributed by atoms with van der Waals surface area (Å²) in [5, 5.41) is 3.39. The highest BCUT2D eigenvalue weighted by atomic mass is 16.5. The third kappa shape index (κ3) is 3.15. The van der Waals surface area contributed by atoms with Crippen LogP contribution in [0.4, 0.5) is 11.4 Å². The molecule has 28 heavy (non-hydrogen) atoms. The standard InChI is InChI=1S/C23H26N2O3/c1-4-28-23(27)21-17-10-12-20(26)25(16-8-5-14(2)6-9-16)22(17)18-13-15(3)7-11-19(18)24-21/h5-9,11,13,17,21-22,24H,4,10,12H2,1-3H3/t17-,21-,22-/m0/s1. The van der Waals surface area contributed by atoms with Crippen molar-refractivity contribution in [3.8, 4) is 0 Å². The van der Waals surface area contributed by atoms with E-state index in [1.807, 2.05) is 62.1 Å². The molecule has 0 bridgehead atoms. The summed E-state index contributed by atoms with van der Waals surface area (Å²) < 4.78 is 5.35. The largest absolute Gasteiger partial charge is 0.464 e. The summed E-state index contributed by atoms with van der Waals surface area (Å²) in [5.41, 5.74) is 5.13. The maximum Gasteiger partial charge on any atom is 0.328 e. The van der Waals surface area contributed by atoms with E-state index in [1.165, 1.54) is 0 Å².